The number of esters is 2. The highest BCUT2D eigenvalue weighted by molar-refractivity contribution is 6.31. The van der Waals surface area contributed by atoms with Crippen LogP contribution in [-0.2, 0) is 28.7 Å². The van der Waals surface area contributed by atoms with Crippen LogP contribution in [0.15, 0.2) is 60.7 Å². The van der Waals surface area contributed by atoms with Gasteiger partial charge in [-0.1, -0.05) is 87.3 Å². The lowest BCUT2D eigenvalue weighted by Crippen LogP contribution is -2.53. The van der Waals surface area contributed by atoms with Gasteiger partial charge in [-0.3, -0.25) is 24.5 Å². The summed E-state index contributed by atoms with van der Waals surface area (Å²) in [5.74, 6) is -8.66. The topological polar surface area (TPSA) is 207 Å². The number of carbonyl (C=O) groups is 6. The molecule has 2 heterocycles. The predicted octanol–water partition coefficient (Wildman–Crippen LogP) is 6.46. The van der Waals surface area contributed by atoms with E-state index < -0.39 is 71.5 Å². The van der Waals surface area contributed by atoms with Crippen LogP contribution in [-0.4, -0.2) is 96.0 Å². The average Bonchev–Trinajstić information content (AvgIpc) is 4.08. The summed E-state index contributed by atoms with van der Waals surface area (Å²) in [6.45, 7) is 10.3. The highest BCUT2D eigenvalue weighted by Crippen LogP contribution is 2.56. The number of ether oxygens (including phenoxy) is 2. The molecule has 0 spiro atoms. The Bertz CT molecular complexity index is 2370. The molecule has 4 fully saturated rings. The van der Waals surface area contributed by atoms with Crippen LogP contribution in [0.5, 0.6) is 0 Å². The lowest BCUT2D eigenvalue weighted by Gasteiger charge is -2.36. The van der Waals surface area contributed by atoms with Crippen molar-refractivity contribution in [2.45, 2.75) is 90.5 Å². The van der Waals surface area contributed by atoms with Gasteiger partial charge in [-0.15, -0.1) is 12.4 Å². The van der Waals surface area contributed by atoms with Crippen molar-refractivity contribution in [3.05, 3.63) is 82.1 Å². The Morgan fingerprint density at radius 3 is 1.37 bits per heavy atom. The number of amides is 4. The third-order valence-corrected chi connectivity index (χ3v) is 14.5. The zero-order valence-corrected chi connectivity index (χ0v) is 40.9. The van der Waals surface area contributed by atoms with E-state index in [1.165, 1.54) is 12.1 Å². The number of carbonyl (C=O) groups excluding carboxylic acids is 6. The summed E-state index contributed by atoms with van der Waals surface area (Å²) in [5, 5.41) is 16.7. The molecule has 4 saturated carbocycles. The zero-order chi connectivity index (χ0) is 47.5. The van der Waals surface area contributed by atoms with Crippen molar-refractivity contribution in [3.63, 3.8) is 0 Å². The molecule has 10 atom stereocenters. The number of aromatic nitrogens is 2. The van der Waals surface area contributed by atoms with Crippen LogP contribution >= 0.6 is 35.6 Å². The van der Waals surface area contributed by atoms with E-state index in [-0.39, 0.29) is 69.6 Å². The molecule has 4 aliphatic carbocycles. The molecule has 15 nitrogen and oxygen atoms in total. The quantitative estimate of drug-likeness (QED) is 0.0315. The summed E-state index contributed by atoms with van der Waals surface area (Å²) < 4.78 is 12.3. The van der Waals surface area contributed by atoms with Gasteiger partial charge in [0.15, 0.2) is 0 Å². The molecular weight excluding hydrogens is 933 g/mol. The van der Waals surface area contributed by atoms with E-state index in [1.54, 1.807) is 48.5 Å². The molecule has 4 aromatic rings. The van der Waals surface area contributed by atoms with E-state index in [0.29, 0.717) is 86.5 Å². The van der Waals surface area contributed by atoms with Crippen LogP contribution in [0.1, 0.15) is 86.9 Å². The summed E-state index contributed by atoms with van der Waals surface area (Å²) in [7, 11) is 0. The molecular formula is C50H60Cl3N7O8. The summed E-state index contributed by atoms with van der Waals surface area (Å²) in [6, 6.07) is 17.6. The van der Waals surface area contributed by atoms with Crippen molar-refractivity contribution in [2.75, 3.05) is 26.2 Å². The molecule has 4 aliphatic rings. The first-order chi connectivity index (χ1) is 32.2. The second-order valence-electron chi connectivity index (χ2n) is 19.2. The number of nitrogens with zero attached hydrogens (tertiary/aromatic N) is 2. The maximum absolute atomic E-state index is 14.8. The van der Waals surface area contributed by atoms with Gasteiger partial charge in [-0.25, -0.2) is 19.6 Å². The highest BCUT2D eigenvalue weighted by atomic mass is 35.5. The number of fused-ring (bicyclic) bond motifs is 6. The van der Waals surface area contributed by atoms with Gasteiger partial charge in [0.1, 0.15) is 22.5 Å². The van der Waals surface area contributed by atoms with E-state index in [2.05, 4.69) is 36.6 Å². The second-order valence-corrected chi connectivity index (χ2v) is 19.9. The number of imide groups is 1. The minimum absolute atomic E-state index is 0. The fraction of sp³-hybridized carbons (Fsp3) is 0.520. The molecule has 68 heavy (non-hydrogen) atoms. The van der Waals surface area contributed by atoms with Gasteiger partial charge in [-0.05, 0) is 87.7 Å². The van der Waals surface area contributed by atoms with E-state index in [9.17, 15) is 28.8 Å². The summed E-state index contributed by atoms with van der Waals surface area (Å²) in [5.41, 5.74) is 1.50. The SMILES string of the molecule is CC(C)NCCCNC(=O)C1C2CC(OC(=O)c3cc(Cl)nc4ccccc34)C(C2)C1C(=O)NC(=O)C1C2CC(CC2OC(=O)c2cc(Cl)nc3ccccc23)C1C(=O)NCCCNC(C)C.Cl. The monoisotopic (exact) mass is 991 g/mol. The number of pyridine rings is 2. The standard InChI is InChI=1S/C50H59Cl2N7O8.ClH/c1-25(2)53-15-9-17-55-45(60)41-27-19-33(37(21-27)66-49(64)31-23-39(51)57-35-13-7-5-11-29(31)35)43(41)47(62)59-48(63)44-34-20-28(42(44)46(61)56-18-10-16-54-26(3)4)22-38(34)67-50(65)32-24-40(52)58-36-14-8-6-12-30(32)36;/h5-8,11-14,23-28,33-34,37-38,41-44,53-54H,9-10,15-22H2,1-4H3,(H,55,60)(H,56,61)(H,59,62,63);1H. The molecule has 0 saturated heterocycles. The molecule has 4 amide bonds. The highest BCUT2D eigenvalue weighted by Gasteiger charge is 2.62. The summed E-state index contributed by atoms with van der Waals surface area (Å²) in [4.78, 5) is 94.1. The molecule has 2 aromatic carbocycles. The second kappa shape index (κ2) is 22.2. The van der Waals surface area contributed by atoms with E-state index in [0.717, 1.165) is 0 Å². The molecule has 5 N–H and O–H groups in total. The molecule has 364 valence electrons. The van der Waals surface area contributed by atoms with Crippen LogP contribution in [0, 0.1) is 47.3 Å². The number of hydrogen-bond donors (Lipinski definition) is 5. The molecule has 2 aromatic heterocycles. The Hall–Kier alpha value is -4.93. The van der Waals surface area contributed by atoms with Crippen LogP contribution < -0.4 is 26.6 Å². The Morgan fingerprint density at radius 1 is 0.574 bits per heavy atom. The number of benzene rings is 2. The number of para-hydroxylation sites is 2. The molecule has 0 radical (unpaired) electrons. The number of rotatable bonds is 18. The van der Waals surface area contributed by atoms with Gasteiger partial charge >= 0.3 is 11.9 Å². The lowest BCUT2D eigenvalue weighted by atomic mass is 9.75. The van der Waals surface area contributed by atoms with Crippen molar-refractivity contribution in [1.29, 1.82) is 0 Å². The molecule has 18 heteroatoms. The van der Waals surface area contributed by atoms with Gasteiger partial charge in [0.2, 0.25) is 23.6 Å². The van der Waals surface area contributed by atoms with E-state index >= 15 is 0 Å². The lowest BCUT2D eigenvalue weighted by molar-refractivity contribution is -0.147. The van der Waals surface area contributed by atoms with Crippen LogP contribution in [0.3, 0.4) is 0 Å². The maximum Gasteiger partial charge on any atom is 0.339 e. The molecule has 0 aliphatic heterocycles. The van der Waals surface area contributed by atoms with Gasteiger partial charge in [0.05, 0.1) is 45.8 Å². The van der Waals surface area contributed by atoms with Crippen LogP contribution in [0.25, 0.3) is 21.8 Å². The van der Waals surface area contributed by atoms with Gasteiger partial charge in [0.25, 0.3) is 0 Å². The zero-order valence-electron chi connectivity index (χ0n) is 38.6. The molecule has 4 bridgehead atoms. The molecule has 8 rings (SSSR count). The number of hydrogen-bond acceptors (Lipinski definition) is 12. The predicted molar refractivity (Wildman–Crippen MR) is 260 cm³/mol. The van der Waals surface area contributed by atoms with Crippen molar-refractivity contribution in [3.8, 4) is 0 Å². The Morgan fingerprint density at radius 2 is 0.971 bits per heavy atom. The van der Waals surface area contributed by atoms with Crippen molar-refractivity contribution in [2.24, 2.45) is 47.3 Å². The fourth-order valence-corrected chi connectivity index (χ4v) is 11.7. The largest absolute Gasteiger partial charge is 0.458 e. The van der Waals surface area contributed by atoms with Crippen LogP contribution in [0.4, 0.5) is 0 Å². The summed E-state index contributed by atoms with van der Waals surface area (Å²) >= 11 is 12.6. The number of halogens is 3. The third-order valence-electron chi connectivity index (χ3n) is 14.1. The first-order valence-corrected chi connectivity index (χ1v) is 24.3. The van der Waals surface area contributed by atoms with Gasteiger partial charge in [0, 0.05) is 47.8 Å². The first kappa shape index (κ1) is 50.9. The third kappa shape index (κ3) is 11.1. The number of nitrogens with one attached hydrogen (secondary N) is 5. The van der Waals surface area contributed by atoms with Crippen molar-refractivity contribution in [1.82, 2.24) is 36.6 Å². The van der Waals surface area contributed by atoms with Crippen molar-refractivity contribution < 1.29 is 38.2 Å². The maximum atomic E-state index is 14.8. The van der Waals surface area contributed by atoms with Crippen LogP contribution in [0.2, 0.25) is 10.3 Å². The first-order valence-electron chi connectivity index (χ1n) is 23.6. The fourth-order valence-electron chi connectivity index (χ4n) is 11.3. The molecule has 10 unspecified atom stereocenters. The average molecular weight is 993 g/mol. The van der Waals surface area contributed by atoms with Crippen molar-refractivity contribution >= 4 is 93.0 Å². The Balaban J connectivity index is 0.00000684. The smallest absolute Gasteiger partial charge is 0.339 e. The van der Waals surface area contributed by atoms with E-state index in [4.69, 9.17) is 32.7 Å². The Labute approximate surface area is 412 Å². The van der Waals surface area contributed by atoms with E-state index in [1.807, 2.05) is 27.7 Å². The Kier molecular flexibility index (Phi) is 16.6. The summed E-state index contributed by atoms with van der Waals surface area (Å²) in [6.07, 6.45) is 1.41. The minimum atomic E-state index is -1.02. The normalized spacial score (nSPS) is 25.6. The van der Waals surface area contributed by atoms with Gasteiger partial charge < -0.3 is 30.7 Å². The van der Waals surface area contributed by atoms with Gasteiger partial charge in [-0.2, -0.15) is 0 Å². The minimum Gasteiger partial charge on any atom is -0.458 e.